The Balaban J connectivity index is 3.73. The van der Waals surface area contributed by atoms with Crippen LogP contribution in [0.25, 0.3) is 0 Å². The predicted octanol–water partition coefficient (Wildman–Crippen LogP) is 5.60. The lowest BCUT2D eigenvalue weighted by Gasteiger charge is -2.34. The van der Waals surface area contributed by atoms with Crippen molar-refractivity contribution in [2.45, 2.75) is 36.5 Å². The average Bonchev–Trinajstić information content (AvgIpc) is 2.71. The summed E-state index contributed by atoms with van der Waals surface area (Å²) in [5.74, 6) is -19.0. The zero-order chi connectivity index (χ0) is 31.9. The summed E-state index contributed by atoms with van der Waals surface area (Å²) in [6.45, 7) is 0. The van der Waals surface area contributed by atoms with Gasteiger partial charge in [-0.05, 0) is 12.1 Å². The number of nitrogens with zero attached hydrogens (tertiary/aromatic N) is 1. The van der Waals surface area contributed by atoms with E-state index in [2.05, 4.69) is 9.47 Å². The molecule has 1 aromatic rings. The number of esters is 2. The van der Waals surface area contributed by atoms with Crippen LogP contribution < -0.4 is 4.90 Å². The van der Waals surface area contributed by atoms with Crippen molar-refractivity contribution in [1.82, 2.24) is 0 Å². The molecule has 6 nitrogen and oxygen atoms in total. The van der Waals surface area contributed by atoms with Gasteiger partial charge in [0.2, 0.25) is 17.7 Å². The average molecular weight is 619 g/mol. The maximum absolute atomic E-state index is 14.0. The first-order valence-corrected chi connectivity index (χ1v) is 9.67. The van der Waals surface area contributed by atoms with Gasteiger partial charge in [0.15, 0.2) is 0 Å². The van der Waals surface area contributed by atoms with Crippen LogP contribution in [0.5, 0.6) is 0 Å². The minimum absolute atomic E-state index is 0.0802. The third kappa shape index (κ3) is 7.01. The summed E-state index contributed by atoms with van der Waals surface area (Å²) >= 11 is 0. The zero-order valence-electron chi connectivity index (χ0n) is 19.1. The minimum atomic E-state index is -6.58. The second-order valence-corrected chi connectivity index (χ2v) is 7.57. The number of alkyl halides is 15. The summed E-state index contributed by atoms with van der Waals surface area (Å²) in [5, 5.41) is 0. The van der Waals surface area contributed by atoms with Crippen LogP contribution in [0.4, 0.5) is 71.5 Å². The molecule has 0 unspecified atom stereocenters. The van der Waals surface area contributed by atoms with Gasteiger partial charge in [0.1, 0.15) is 0 Å². The monoisotopic (exact) mass is 619 g/mol. The Morgan fingerprint density at radius 1 is 0.675 bits per heavy atom. The van der Waals surface area contributed by atoms with Crippen LogP contribution >= 0.6 is 0 Å². The van der Waals surface area contributed by atoms with Gasteiger partial charge in [-0.1, -0.05) is 12.1 Å². The van der Waals surface area contributed by atoms with Gasteiger partial charge in [0.25, 0.3) is 0 Å². The van der Waals surface area contributed by atoms with E-state index in [1.165, 1.54) is 0 Å². The molecule has 0 N–H and O–H groups in total. The number of halogens is 15. The second kappa shape index (κ2) is 10.9. The van der Waals surface area contributed by atoms with Crippen molar-refractivity contribution in [3.8, 4) is 0 Å². The molecule has 1 aromatic carbocycles. The number of anilines is 1. The quantitative estimate of drug-likeness (QED) is 0.306. The Morgan fingerprint density at radius 3 is 1.35 bits per heavy atom. The first-order chi connectivity index (χ1) is 17.6. The molecular formula is C19H12F15NO5. The van der Waals surface area contributed by atoms with Crippen molar-refractivity contribution in [3.05, 3.63) is 29.8 Å². The van der Waals surface area contributed by atoms with Gasteiger partial charge >= 0.3 is 48.4 Å². The molecule has 0 aliphatic rings. The number of carbonyl (C=O) groups is 3. The summed E-state index contributed by atoms with van der Waals surface area (Å²) in [6, 6.07) is 0.0883. The van der Waals surface area contributed by atoms with Crippen LogP contribution in [0, 0.1) is 11.8 Å². The Hall–Kier alpha value is -3.42. The first kappa shape index (κ1) is 34.6. The Kier molecular flexibility index (Phi) is 9.40. The van der Waals surface area contributed by atoms with Crippen LogP contribution in [-0.4, -0.2) is 62.9 Å². The molecule has 0 saturated carbocycles. The summed E-state index contributed by atoms with van der Waals surface area (Å²) in [4.78, 5) is 35.4. The van der Waals surface area contributed by atoms with Crippen molar-refractivity contribution in [1.29, 1.82) is 0 Å². The molecule has 1 atom stereocenters. The molecule has 0 heterocycles. The minimum Gasteiger partial charge on any atom is -0.466 e. The van der Waals surface area contributed by atoms with Gasteiger partial charge in [-0.2, -0.15) is 65.9 Å². The highest BCUT2D eigenvalue weighted by atomic mass is 19.4. The maximum atomic E-state index is 14.0. The van der Waals surface area contributed by atoms with E-state index in [-0.39, 0.29) is 36.3 Å². The van der Waals surface area contributed by atoms with Gasteiger partial charge in [0, 0.05) is 18.3 Å². The lowest BCUT2D eigenvalue weighted by atomic mass is 9.91. The lowest BCUT2D eigenvalue weighted by molar-refractivity contribution is -0.307. The third-order valence-electron chi connectivity index (χ3n) is 4.91. The van der Waals surface area contributed by atoms with Crippen LogP contribution in [-0.2, 0) is 29.5 Å². The van der Waals surface area contributed by atoms with E-state index in [1.807, 2.05) is 0 Å². The van der Waals surface area contributed by atoms with E-state index in [4.69, 9.17) is 0 Å². The van der Waals surface area contributed by atoms with Crippen molar-refractivity contribution in [2.24, 2.45) is 11.8 Å². The van der Waals surface area contributed by atoms with Crippen LogP contribution in [0.2, 0.25) is 0 Å². The Bertz CT molecular complexity index is 1060. The Morgan fingerprint density at radius 2 is 1.05 bits per heavy atom. The summed E-state index contributed by atoms with van der Waals surface area (Å²) < 4.78 is 203. The largest absolute Gasteiger partial charge is 0.466 e. The molecule has 0 saturated heterocycles. The molecule has 0 aliphatic carbocycles. The summed E-state index contributed by atoms with van der Waals surface area (Å²) in [6.07, 6.45) is -31.9. The molecule has 0 bridgehead atoms. The number of ether oxygens (including phenoxy) is 2. The topological polar surface area (TPSA) is 72.9 Å². The van der Waals surface area contributed by atoms with Crippen molar-refractivity contribution in [3.63, 3.8) is 0 Å². The molecule has 40 heavy (non-hydrogen) atoms. The number of benzene rings is 1. The van der Waals surface area contributed by atoms with E-state index >= 15 is 0 Å². The highest BCUT2D eigenvalue weighted by molar-refractivity contribution is 5.95. The van der Waals surface area contributed by atoms with E-state index in [0.29, 0.717) is 7.05 Å². The van der Waals surface area contributed by atoms with E-state index in [9.17, 15) is 80.2 Å². The molecule has 0 radical (unpaired) electrons. The number of amides is 1. The molecule has 1 amide bonds. The predicted molar refractivity (Wildman–Crippen MR) is 96.9 cm³/mol. The van der Waals surface area contributed by atoms with Gasteiger partial charge < -0.3 is 14.4 Å². The SMILES string of the molecule is COC(=O)[C@@](OC(=O)C(C(F)(F)F)C(F)(F)F)(c1ccc(N(C)C(=O)C(C(F)(F)F)C(F)(F)F)cc1)C(F)(F)F. The zero-order valence-corrected chi connectivity index (χ0v) is 19.1. The lowest BCUT2D eigenvalue weighted by Crippen LogP contribution is -2.56. The molecule has 1 rings (SSSR count). The maximum Gasteiger partial charge on any atom is 0.444 e. The van der Waals surface area contributed by atoms with Gasteiger partial charge in [0.05, 0.1) is 7.11 Å². The van der Waals surface area contributed by atoms with Crippen molar-refractivity contribution < 1.29 is 89.7 Å². The smallest absolute Gasteiger partial charge is 0.444 e. The second-order valence-electron chi connectivity index (χ2n) is 7.57. The van der Waals surface area contributed by atoms with E-state index in [0.717, 1.165) is 0 Å². The molecule has 0 fully saturated rings. The fourth-order valence-electron chi connectivity index (χ4n) is 3.07. The fraction of sp³-hybridized carbons (Fsp3) is 0.526. The molecule has 228 valence electrons. The van der Waals surface area contributed by atoms with Gasteiger partial charge in [-0.3, -0.25) is 9.59 Å². The highest BCUT2D eigenvalue weighted by Crippen LogP contribution is 2.48. The summed E-state index contributed by atoms with van der Waals surface area (Å²) in [5.41, 5.74) is -7.91. The molecule has 0 spiro atoms. The van der Waals surface area contributed by atoms with E-state index in [1.54, 1.807) is 0 Å². The Labute approximate surface area is 211 Å². The number of hydrogen-bond acceptors (Lipinski definition) is 5. The summed E-state index contributed by atoms with van der Waals surface area (Å²) in [7, 11) is 0.452. The van der Waals surface area contributed by atoms with Crippen LogP contribution in [0.1, 0.15) is 5.56 Å². The van der Waals surface area contributed by atoms with Gasteiger partial charge in [-0.25, -0.2) is 4.79 Å². The normalized spacial score (nSPS) is 15.1. The number of hydrogen-bond donors (Lipinski definition) is 0. The molecule has 0 aliphatic heterocycles. The van der Waals surface area contributed by atoms with Crippen molar-refractivity contribution in [2.75, 3.05) is 19.1 Å². The molecular weight excluding hydrogens is 607 g/mol. The first-order valence-electron chi connectivity index (χ1n) is 9.67. The molecule has 0 aromatic heterocycles. The molecule has 21 heteroatoms. The highest BCUT2D eigenvalue weighted by Gasteiger charge is 2.70. The third-order valence-corrected chi connectivity index (χ3v) is 4.91. The number of carbonyl (C=O) groups excluding carboxylic acids is 3. The van der Waals surface area contributed by atoms with E-state index < -0.39 is 77.4 Å². The van der Waals surface area contributed by atoms with Gasteiger partial charge in [-0.15, -0.1) is 0 Å². The van der Waals surface area contributed by atoms with Crippen LogP contribution in [0.3, 0.4) is 0 Å². The number of methoxy groups -OCH3 is 1. The fourth-order valence-corrected chi connectivity index (χ4v) is 3.07. The number of rotatable bonds is 6. The van der Waals surface area contributed by atoms with Crippen molar-refractivity contribution >= 4 is 23.5 Å². The standard InChI is InChI=1S/C19H12F15NO5/c1-35(11(36)9(15(20,21)22)16(23,24)25)8-5-3-7(4-6-8)14(13(38)39-2,19(32,33)34)40-12(37)10(17(26,27)28)18(29,30)31/h3-6,9-10H,1-2H3/t14-/m0/s1. The van der Waals surface area contributed by atoms with Crippen LogP contribution in [0.15, 0.2) is 24.3 Å².